The first-order valence-corrected chi connectivity index (χ1v) is 10.0. The van der Waals surface area contributed by atoms with Crippen molar-refractivity contribution >= 4 is 11.7 Å². The van der Waals surface area contributed by atoms with Gasteiger partial charge in [-0.05, 0) is 37.8 Å². The molecule has 0 spiro atoms. The molecule has 3 aromatic rings. The molecule has 7 heteroatoms. The molecule has 2 aromatic heterocycles. The lowest BCUT2D eigenvalue weighted by Gasteiger charge is -2.18. The van der Waals surface area contributed by atoms with Crippen molar-refractivity contribution in [3.05, 3.63) is 70.9 Å². The van der Waals surface area contributed by atoms with Crippen LogP contribution in [-0.4, -0.2) is 50.6 Å². The van der Waals surface area contributed by atoms with Crippen LogP contribution in [0.3, 0.4) is 0 Å². The maximum atomic E-state index is 13.1. The lowest BCUT2D eigenvalue weighted by atomic mass is 9.99. The van der Waals surface area contributed by atoms with E-state index in [9.17, 15) is 4.79 Å². The summed E-state index contributed by atoms with van der Waals surface area (Å²) in [6, 6.07) is 10.4. The Hall–Kier alpha value is -3.22. The molecule has 0 aliphatic carbocycles. The molecular weight excluding hydrogens is 364 g/mol. The van der Waals surface area contributed by atoms with Gasteiger partial charge in [0.15, 0.2) is 0 Å². The summed E-state index contributed by atoms with van der Waals surface area (Å²) in [4.78, 5) is 24.0. The number of nitrogens with one attached hydrogen (secondary N) is 2. The van der Waals surface area contributed by atoms with E-state index in [-0.39, 0.29) is 11.7 Å². The summed E-state index contributed by atoms with van der Waals surface area (Å²) in [5.74, 6) is 1.28. The van der Waals surface area contributed by atoms with Gasteiger partial charge in [-0.3, -0.25) is 9.89 Å². The predicted molar refractivity (Wildman–Crippen MR) is 112 cm³/mol. The van der Waals surface area contributed by atoms with Crippen molar-refractivity contribution < 1.29 is 4.79 Å². The fourth-order valence-corrected chi connectivity index (χ4v) is 3.72. The Kier molecular flexibility index (Phi) is 5.55. The minimum absolute atomic E-state index is 0.0931. The van der Waals surface area contributed by atoms with Gasteiger partial charge in [0.25, 0.3) is 5.91 Å². The quantitative estimate of drug-likeness (QED) is 0.675. The van der Waals surface area contributed by atoms with Crippen LogP contribution in [0.2, 0.25) is 0 Å². The number of amides is 1. The Morgan fingerprint density at radius 2 is 2.07 bits per heavy atom. The van der Waals surface area contributed by atoms with Gasteiger partial charge in [-0.1, -0.05) is 30.3 Å². The number of carbonyl (C=O) groups excluding carboxylic acids is 1. The van der Waals surface area contributed by atoms with Crippen molar-refractivity contribution in [3.8, 4) is 0 Å². The average Bonchev–Trinajstić information content (AvgIpc) is 3.43. The zero-order valence-corrected chi connectivity index (χ0v) is 16.9. The summed E-state index contributed by atoms with van der Waals surface area (Å²) in [7, 11) is 0. The number of aromatic amines is 1. The number of hydrogen-bond donors (Lipinski definition) is 2. The van der Waals surface area contributed by atoms with Crippen LogP contribution in [0.5, 0.6) is 0 Å². The number of likely N-dealkylation sites (tertiary alicyclic amines) is 1. The SMILES string of the molecule is Cc1nc(C(=O)N2CC[C@@H](c3ccccc3)C2)nc(NCCc2cn[nH]c2)c1C. The third-order valence-electron chi connectivity index (χ3n) is 5.59. The number of aryl methyl sites for hydroxylation is 1. The highest BCUT2D eigenvalue weighted by atomic mass is 16.2. The zero-order valence-electron chi connectivity index (χ0n) is 16.9. The van der Waals surface area contributed by atoms with Gasteiger partial charge in [-0.2, -0.15) is 5.10 Å². The molecule has 1 saturated heterocycles. The molecule has 29 heavy (non-hydrogen) atoms. The van der Waals surface area contributed by atoms with Crippen molar-refractivity contribution in [2.24, 2.45) is 0 Å². The van der Waals surface area contributed by atoms with Crippen molar-refractivity contribution in [1.29, 1.82) is 0 Å². The molecule has 2 N–H and O–H groups in total. The number of hydrogen-bond acceptors (Lipinski definition) is 5. The summed E-state index contributed by atoms with van der Waals surface area (Å²) in [5, 5.41) is 10.1. The number of carbonyl (C=O) groups is 1. The lowest BCUT2D eigenvalue weighted by molar-refractivity contribution is 0.0778. The van der Waals surface area contributed by atoms with E-state index in [1.165, 1.54) is 5.56 Å². The first kappa shape index (κ1) is 19.1. The molecule has 1 aliphatic rings. The minimum Gasteiger partial charge on any atom is -0.369 e. The Morgan fingerprint density at radius 3 is 2.83 bits per heavy atom. The standard InChI is InChI=1S/C22H26N6O/c1-15-16(2)26-21(27-20(15)23-10-8-17-12-24-25-13-17)22(29)28-11-9-19(14-28)18-6-4-3-5-7-18/h3-7,12-13,19H,8-11,14H2,1-2H3,(H,24,25)(H,23,26,27)/t19-/m1/s1. The molecule has 4 rings (SSSR count). The van der Waals surface area contributed by atoms with E-state index in [1.807, 2.05) is 49.3 Å². The summed E-state index contributed by atoms with van der Waals surface area (Å²) in [6.45, 7) is 6.06. The Bertz CT molecular complexity index is 970. The van der Waals surface area contributed by atoms with E-state index in [0.717, 1.165) is 42.0 Å². The summed E-state index contributed by atoms with van der Waals surface area (Å²) < 4.78 is 0. The molecule has 1 amide bonds. The molecule has 0 radical (unpaired) electrons. The highest BCUT2D eigenvalue weighted by molar-refractivity contribution is 5.91. The van der Waals surface area contributed by atoms with Gasteiger partial charge in [-0.15, -0.1) is 0 Å². The van der Waals surface area contributed by atoms with E-state index >= 15 is 0 Å². The smallest absolute Gasteiger partial charge is 0.291 e. The van der Waals surface area contributed by atoms with E-state index in [4.69, 9.17) is 0 Å². The molecule has 1 aromatic carbocycles. The van der Waals surface area contributed by atoms with Crippen LogP contribution in [0.4, 0.5) is 5.82 Å². The first-order chi connectivity index (χ1) is 14.1. The van der Waals surface area contributed by atoms with Crippen molar-refractivity contribution in [1.82, 2.24) is 25.1 Å². The van der Waals surface area contributed by atoms with Crippen LogP contribution in [0, 0.1) is 13.8 Å². The average molecular weight is 390 g/mol. The molecule has 7 nitrogen and oxygen atoms in total. The first-order valence-electron chi connectivity index (χ1n) is 10.0. The molecule has 3 heterocycles. The van der Waals surface area contributed by atoms with E-state index in [0.29, 0.717) is 19.0 Å². The largest absolute Gasteiger partial charge is 0.369 e. The van der Waals surface area contributed by atoms with E-state index < -0.39 is 0 Å². The van der Waals surface area contributed by atoms with Crippen molar-refractivity contribution in [2.75, 3.05) is 25.0 Å². The zero-order chi connectivity index (χ0) is 20.2. The third-order valence-corrected chi connectivity index (χ3v) is 5.59. The molecular formula is C22H26N6O. The van der Waals surface area contributed by atoms with Gasteiger partial charge >= 0.3 is 0 Å². The Morgan fingerprint density at radius 1 is 1.24 bits per heavy atom. The van der Waals surface area contributed by atoms with Gasteiger partial charge in [0.1, 0.15) is 5.82 Å². The number of H-pyrrole nitrogens is 1. The number of rotatable bonds is 6. The van der Waals surface area contributed by atoms with E-state index in [2.05, 4.69) is 37.6 Å². The molecule has 1 atom stereocenters. The highest BCUT2D eigenvalue weighted by Crippen LogP contribution is 2.28. The second-order valence-corrected chi connectivity index (χ2v) is 7.54. The monoisotopic (exact) mass is 390 g/mol. The van der Waals surface area contributed by atoms with Gasteiger partial charge in [0, 0.05) is 43.0 Å². The van der Waals surface area contributed by atoms with Crippen LogP contribution in [0.1, 0.15) is 45.3 Å². The maximum absolute atomic E-state index is 13.1. The number of benzene rings is 1. The Balaban J connectivity index is 1.45. The van der Waals surface area contributed by atoms with Crippen LogP contribution in [0.15, 0.2) is 42.7 Å². The summed E-state index contributed by atoms with van der Waals surface area (Å²) in [5.41, 5.74) is 4.21. The van der Waals surface area contributed by atoms with Crippen molar-refractivity contribution in [3.63, 3.8) is 0 Å². The summed E-state index contributed by atoms with van der Waals surface area (Å²) >= 11 is 0. The van der Waals surface area contributed by atoms with Gasteiger partial charge in [-0.25, -0.2) is 9.97 Å². The molecule has 1 aliphatic heterocycles. The number of anilines is 1. The minimum atomic E-state index is -0.0931. The lowest BCUT2D eigenvalue weighted by Crippen LogP contribution is -2.30. The molecule has 150 valence electrons. The number of nitrogens with zero attached hydrogens (tertiary/aromatic N) is 4. The summed E-state index contributed by atoms with van der Waals surface area (Å²) in [6.07, 6.45) is 5.49. The van der Waals surface area contributed by atoms with Gasteiger partial charge in [0.05, 0.1) is 6.20 Å². The fourth-order valence-electron chi connectivity index (χ4n) is 3.72. The van der Waals surface area contributed by atoms with E-state index in [1.54, 1.807) is 0 Å². The van der Waals surface area contributed by atoms with Crippen LogP contribution < -0.4 is 5.32 Å². The molecule has 0 saturated carbocycles. The topological polar surface area (TPSA) is 86.8 Å². The van der Waals surface area contributed by atoms with Gasteiger partial charge in [0.2, 0.25) is 5.82 Å². The third kappa shape index (κ3) is 4.29. The van der Waals surface area contributed by atoms with Gasteiger partial charge < -0.3 is 10.2 Å². The van der Waals surface area contributed by atoms with Crippen LogP contribution >= 0.6 is 0 Å². The van der Waals surface area contributed by atoms with Crippen molar-refractivity contribution in [2.45, 2.75) is 32.6 Å². The number of aromatic nitrogens is 4. The predicted octanol–water partition coefficient (Wildman–Crippen LogP) is 3.10. The Labute approximate surface area is 170 Å². The fraction of sp³-hybridized carbons (Fsp3) is 0.364. The molecule has 0 unspecified atom stereocenters. The van der Waals surface area contributed by atoms with Crippen LogP contribution in [-0.2, 0) is 6.42 Å². The second-order valence-electron chi connectivity index (χ2n) is 7.54. The normalized spacial score (nSPS) is 16.2. The molecule has 1 fully saturated rings. The second kappa shape index (κ2) is 8.43. The highest BCUT2D eigenvalue weighted by Gasteiger charge is 2.29. The maximum Gasteiger partial charge on any atom is 0.291 e. The molecule has 0 bridgehead atoms. The van der Waals surface area contributed by atoms with Crippen LogP contribution in [0.25, 0.3) is 0 Å².